The number of likely N-dealkylation sites (tertiary alicyclic amines) is 1. The van der Waals surface area contributed by atoms with Crippen LogP contribution in [0.15, 0.2) is 12.4 Å². The summed E-state index contributed by atoms with van der Waals surface area (Å²) in [6.45, 7) is 4.98. The maximum atomic E-state index is 4.30. The number of aryl methyl sites for hydroxylation is 1. The van der Waals surface area contributed by atoms with Crippen LogP contribution >= 0.6 is 0 Å². The Morgan fingerprint density at radius 1 is 0.900 bits per heavy atom. The monoisotopic (exact) mass is 271 g/mol. The second-order valence-electron chi connectivity index (χ2n) is 5.02. The topological polar surface area (TPSA) is 80.6 Å². The van der Waals surface area contributed by atoms with Crippen molar-refractivity contribution in [2.45, 2.75) is 32.7 Å². The molecule has 0 radical (unpaired) electrons. The SMILES string of the molecule is Cc1nnc(-c2ncc(CN3CCCCC3)cn2)nn1. The lowest BCUT2D eigenvalue weighted by molar-refractivity contribution is 0.220. The van der Waals surface area contributed by atoms with E-state index in [0.29, 0.717) is 17.5 Å². The van der Waals surface area contributed by atoms with E-state index < -0.39 is 0 Å². The van der Waals surface area contributed by atoms with Crippen molar-refractivity contribution < 1.29 is 0 Å². The molecule has 1 saturated heterocycles. The van der Waals surface area contributed by atoms with Gasteiger partial charge in [-0.15, -0.1) is 20.4 Å². The highest BCUT2D eigenvalue weighted by atomic mass is 15.3. The van der Waals surface area contributed by atoms with E-state index in [0.717, 1.165) is 25.2 Å². The molecule has 0 spiro atoms. The molecule has 0 unspecified atom stereocenters. The summed E-state index contributed by atoms with van der Waals surface area (Å²) in [5.74, 6) is 1.36. The summed E-state index contributed by atoms with van der Waals surface area (Å²) in [5, 5.41) is 15.6. The van der Waals surface area contributed by atoms with Gasteiger partial charge in [0.2, 0.25) is 11.6 Å². The lowest BCUT2D eigenvalue weighted by Gasteiger charge is -2.26. The molecule has 20 heavy (non-hydrogen) atoms. The molecule has 0 aliphatic carbocycles. The summed E-state index contributed by atoms with van der Waals surface area (Å²) in [4.78, 5) is 11.0. The Hall–Kier alpha value is -2.02. The molecule has 7 heteroatoms. The van der Waals surface area contributed by atoms with Gasteiger partial charge in [-0.05, 0) is 32.9 Å². The zero-order valence-electron chi connectivity index (χ0n) is 11.5. The van der Waals surface area contributed by atoms with Gasteiger partial charge >= 0.3 is 0 Å². The van der Waals surface area contributed by atoms with Crippen LogP contribution in [0, 0.1) is 6.92 Å². The molecule has 1 aliphatic heterocycles. The zero-order chi connectivity index (χ0) is 13.8. The molecule has 0 N–H and O–H groups in total. The van der Waals surface area contributed by atoms with Crippen molar-refractivity contribution in [2.75, 3.05) is 13.1 Å². The van der Waals surface area contributed by atoms with Gasteiger partial charge < -0.3 is 0 Å². The van der Waals surface area contributed by atoms with Crippen LogP contribution in [0.4, 0.5) is 0 Å². The molecule has 0 saturated carbocycles. The minimum atomic E-state index is 0.361. The second kappa shape index (κ2) is 5.96. The lowest BCUT2D eigenvalue weighted by Crippen LogP contribution is -2.29. The molecule has 0 atom stereocenters. The zero-order valence-corrected chi connectivity index (χ0v) is 11.5. The first-order valence-electron chi connectivity index (χ1n) is 6.89. The number of piperidine rings is 1. The van der Waals surface area contributed by atoms with E-state index in [9.17, 15) is 0 Å². The van der Waals surface area contributed by atoms with Crippen LogP contribution in [-0.2, 0) is 6.54 Å². The van der Waals surface area contributed by atoms with Gasteiger partial charge in [-0.3, -0.25) is 4.90 Å². The first-order chi connectivity index (χ1) is 9.81. The van der Waals surface area contributed by atoms with E-state index >= 15 is 0 Å². The van der Waals surface area contributed by atoms with Crippen LogP contribution in [-0.4, -0.2) is 48.4 Å². The van der Waals surface area contributed by atoms with E-state index in [4.69, 9.17) is 0 Å². The highest BCUT2D eigenvalue weighted by Crippen LogP contribution is 2.13. The van der Waals surface area contributed by atoms with E-state index in [1.807, 2.05) is 12.4 Å². The first kappa shape index (κ1) is 13.0. The molecule has 3 rings (SSSR count). The third-order valence-corrected chi connectivity index (χ3v) is 3.34. The van der Waals surface area contributed by atoms with Gasteiger partial charge in [0.15, 0.2) is 5.82 Å². The van der Waals surface area contributed by atoms with Crippen LogP contribution in [0.1, 0.15) is 30.7 Å². The van der Waals surface area contributed by atoms with Gasteiger partial charge in [0.25, 0.3) is 0 Å². The fourth-order valence-electron chi connectivity index (χ4n) is 2.30. The summed E-state index contributed by atoms with van der Waals surface area (Å²) in [5.41, 5.74) is 1.11. The van der Waals surface area contributed by atoms with Crippen LogP contribution < -0.4 is 0 Å². The second-order valence-corrected chi connectivity index (χ2v) is 5.02. The lowest BCUT2D eigenvalue weighted by atomic mass is 10.1. The van der Waals surface area contributed by atoms with Crippen LogP contribution in [0.5, 0.6) is 0 Å². The molecule has 104 valence electrons. The molecule has 0 bridgehead atoms. The average molecular weight is 271 g/mol. The van der Waals surface area contributed by atoms with E-state index in [-0.39, 0.29) is 0 Å². The highest BCUT2D eigenvalue weighted by Gasteiger charge is 2.11. The Bertz CT molecular complexity index is 546. The third-order valence-electron chi connectivity index (χ3n) is 3.34. The molecule has 3 heterocycles. The van der Waals surface area contributed by atoms with E-state index in [2.05, 4.69) is 35.3 Å². The summed E-state index contributed by atoms with van der Waals surface area (Å²) >= 11 is 0. The Morgan fingerprint density at radius 3 is 2.20 bits per heavy atom. The Labute approximate surface area is 117 Å². The molecule has 2 aromatic heterocycles. The van der Waals surface area contributed by atoms with Gasteiger partial charge in [0.05, 0.1) is 0 Å². The van der Waals surface area contributed by atoms with Crippen molar-refractivity contribution >= 4 is 0 Å². The van der Waals surface area contributed by atoms with Crippen LogP contribution in [0.2, 0.25) is 0 Å². The number of aromatic nitrogens is 6. The maximum Gasteiger partial charge on any atom is 0.240 e. The van der Waals surface area contributed by atoms with Crippen molar-refractivity contribution in [1.82, 2.24) is 35.3 Å². The number of rotatable bonds is 3. The van der Waals surface area contributed by atoms with Gasteiger partial charge in [-0.25, -0.2) is 9.97 Å². The van der Waals surface area contributed by atoms with E-state index in [1.54, 1.807) is 6.92 Å². The van der Waals surface area contributed by atoms with Crippen molar-refractivity contribution in [3.63, 3.8) is 0 Å². The molecule has 7 nitrogen and oxygen atoms in total. The van der Waals surface area contributed by atoms with Gasteiger partial charge in [0, 0.05) is 24.5 Å². The molecule has 0 amide bonds. The predicted molar refractivity (Wildman–Crippen MR) is 72.5 cm³/mol. The minimum absolute atomic E-state index is 0.361. The standard InChI is InChI=1S/C13H17N7/c1-10-16-18-13(19-17-10)12-14-7-11(8-15-12)9-20-5-3-2-4-6-20/h7-8H,2-6,9H2,1H3. The van der Waals surface area contributed by atoms with Crippen LogP contribution in [0.3, 0.4) is 0 Å². The maximum absolute atomic E-state index is 4.30. The fourth-order valence-corrected chi connectivity index (χ4v) is 2.30. The van der Waals surface area contributed by atoms with Crippen LogP contribution in [0.25, 0.3) is 11.6 Å². The molecule has 1 aliphatic rings. The number of nitrogens with zero attached hydrogens (tertiary/aromatic N) is 7. The van der Waals surface area contributed by atoms with Crippen molar-refractivity contribution in [3.8, 4) is 11.6 Å². The highest BCUT2D eigenvalue weighted by molar-refractivity contribution is 5.39. The number of hydrogen-bond donors (Lipinski definition) is 0. The molecular weight excluding hydrogens is 254 g/mol. The normalized spacial score (nSPS) is 16.2. The minimum Gasteiger partial charge on any atom is -0.299 e. The fraction of sp³-hybridized carbons (Fsp3) is 0.538. The summed E-state index contributed by atoms with van der Waals surface area (Å²) < 4.78 is 0. The van der Waals surface area contributed by atoms with Crippen molar-refractivity contribution in [3.05, 3.63) is 23.8 Å². The van der Waals surface area contributed by atoms with Gasteiger partial charge in [0.1, 0.15) is 0 Å². The summed E-state index contributed by atoms with van der Waals surface area (Å²) in [6, 6.07) is 0. The molecular formula is C13H17N7. The van der Waals surface area contributed by atoms with Gasteiger partial charge in [-0.2, -0.15) is 0 Å². The smallest absolute Gasteiger partial charge is 0.240 e. The largest absolute Gasteiger partial charge is 0.299 e. The molecule has 1 fully saturated rings. The summed E-state index contributed by atoms with van der Waals surface area (Å²) in [6.07, 6.45) is 7.58. The molecule has 0 aromatic carbocycles. The Morgan fingerprint density at radius 2 is 1.55 bits per heavy atom. The average Bonchev–Trinajstić information content (AvgIpc) is 2.50. The molecule has 2 aromatic rings. The Balaban J connectivity index is 1.69. The Kier molecular flexibility index (Phi) is 3.87. The third kappa shape index (κ3) is 3.11. The predicted octanol–water partition coefficient (Wildman–Crippen LogP) is 1.02. The van der Waals surface area contributed by atoms with E-state index in [1.165, 1.54) is 19.3 Å². The van der Waals surface area contributed by atoms with Crippen molar-refractivity contribution in [1.29, 1.82) is 0 Å². The van der Waals surface area contributed by atoms with Gasteiger partial charge in [-0.1, -0.05) is 6.42 Å². The quantitative estimate of drug-likeness (QED) is 0.824. The summed E-state index contributed by atoms with van der Waals surface area (Å²) in [7, 11) is 0. The van der Waals surface area contributed by atoms with Crippen molar-refractivity contribution in [2.24, 2.45) is 0 Å². The first-order valence-corrected chi connectivity index (χ1v) is 6.89. The number of hydrogen-bond acceptors (Lipinski definition) is 7.